The zero-order chi connectivity index (χ0) is 23.4. The fraction of sp³-hybridized carbons (Fsp3) is 0.600. The normalized spacial score (nSPS) is 25.8. The van der Waals surface area contributed by atoms with Gasteiger partial charge in [-0.3, -0.25) is 0 Å². The monoisotopic (exact) mass is 456 g/mol. The van der Waals surface area contributed by atoms with E-state index in [1.165, 1.54) is 12.8 Å². The van der Waals surface area contributed by atoms with Crippen molar-refractivity contribution in [1.29, 1.82) is 0 Å². The molecule has 0 amide bonds. The Kier molecular flexibility index (Phi) is 8.20. The Labute approximate surface area is 198 Å². The Bertz CT molecular complexity index is 918. The van der Waals surface area contributed by atoms with Gasteiger partial charge in [-0.1, -0.05) is 44.0 Å². The van der Waals surface area contributed by atoms with Crippen molar-refractivity contribution in [3.63, 3.8) is 0 Å². The zero-order valence-corrected chi connectivity index (χ0v) is 20.3. The lowest BCUT2D eigenvalue weighted by Gasteiger charge is -2.30. The number of rotatable bonds is 7. The zero-order valence-electron chi connectivity index (χ0n) is 20.3. The molecule has 2 fully saturated rings. The van der Waals surface area contributed by atoms with Crippen molar-refractivity contribution < 1.29 is 13.2 Å². The van der Waals surface area contributed by atoms with E-state index in [9.17, 15) is 13.2 Å². The van der Waals surface area contributed by atoms with Crippen LogP contribution in [-0.4, -0.2) is 0 Å². The van der Waals surface area contributed by atoms with Crippen LogP contribution in [-0.2, 0) is 6.42 Å². The summed E-state index contributed by atoms with van der Waals surface area (Å²) in [5, 5.41) is 0. The third kappa shape index (κ3) is 5.84. The Morgan fingerprint density at radius 1 is 0.727 bits per heavy atom. The first-order valence-corrected chi connectivity index (χ1v) is 13.2. The van der Waals surface area contributed by atoms with Gasteiger partial charge in [-0.15, -0.1) is 0 Å². The van der Waals surface area contributed by atoms with Crippen LogP contribution >= 0.6 is 0 Å². The van der Waals surface area contributed by atoms with E-state index in [0.717, 1.165) is 69.3 Å². The van der Waals surface area contributed by atoms with Crippen molar-refractivity contribution in [2.45, 2.75) is 103 Å². The minimum absolute atomic E-state index is 0.121. The highest BCUT2D eigenvalue weighted by Crippen LogP contribution is 2.40. The molecule has 0 unspecified atom stereocenters. The predicted molar refractivity (Wildman–Crippen MR) is 130 cm³/mol. The molecular formula is C30H39F3. The number of hydrogen-bond acceptors (Lipinski definition) is 0. The van der Waals surface area contributed by atoms with Gasteiger partial charge >= 0.3 is 0 Å². The van der Waals surface area contributed by atoms with Gasteiger partial charge in [0.05, 0.1) is 0 Å². The highest BCUT2D eigenvalue weighted by Gasteiger charge is 2.27. The van der Waals surface area contributed by atoms with Gasteiger partial charge in [-0.25, -0.2) is 13.2 Å². The maximum absolute atomic E-state index is 15.0. The molecule has 3 heteroatoms. The summed E-state index contributed by atoms with van der Waals surface area (Å²) >= 11 is 0. The Morgan fingerprint density at radius 2 is 1.36 bits per heavy atom. The van der Waals surface area contributed by atoms with E-state index in [4.69, 9.17) is 0 Å². The molecule has 0 radical (unpaired) electrons. The van der Waals surface area contributed by atoms with Crippen molar-refractivity contribution in [3.8, 4) is 0 Å². The average molecular weight is 457 g/mol. The Morgan fingerprint density at radius 3 is 2.00 bits per heavy atom. The second-order valence-electron chi connectivity index (χ2n) is 10.7. The summed E-state index contributed by atoms with van der Waals surface area (Å²) in [6.45, 7) is 4.01. The van der Waals surface area contributed by atoms with Crippen LogP contribution in [0.2, 0.25) is 0 Å². The number of benzene rings is 2. The molecule has 0 nitrogen and oxygen atoms in total. The first-order chi connectivity index (χ1) is 16.0. The molecule has 0 saturated heterocycles. The molecule has 0 aromatic heterocycles. The molecule has 33 heavy (non-hydrogen) atoms. The molecule has 2 aromatic carbocycles. The molecular weight excluding hydrogens is 417 g/mol. The Hall–Kier alpha value is -1.77. The van der Waals surface area contributed by atoms with E-state index < -0.39 is 11.6 Å². The molecule has 0 atom stereocenters. The molecule has 2 aromatic rings. The van der Waals surface area contributed by atoms with Crippen molar-refractivity contribution in [1.82, 2.24) is 0 Å². The fourth-order valence-corrected chi connectivity index (χ4v) is 6.29. The largest absolute Gasteiger partial charge is 0.207 e. The molecule has 0 aliphatic heterocycles. The molecule has 0 bridgehead atoms. The summed E-state index contributed by atoms with van der Waals surface area (Å²) in [6.07, 6.45) is 12.4. The number of halogens is 3. The summed E-state index contributed by atoms with van der Waals surface area (Å²) in [4.78, 5) is 0. The quantitative estimate of drug-likeness (QED) is 0.389. The van der Waals surface area contributed by atoms with Gasteiger partial charge in [-0.05, 0) is 123 Å². The van der Waals surface area contributed by atoms with Crippen molar-refractivity contribution in [3.05, 3.63) is 70.0 Å². The van der Waals surface area contributed by atoms with E-state index in [2.05, 4.69) is 13.0 Å². The van der Waals surface area contributed by atoms with Crippen molar-refractivity contribution in [2.75, 3.05) is 0 Å². The predicted octanol–water partition coefficient (Wildman–Crippen LogP) is 9.39. The van der Waals surface area contributed by atoms with E-state index in [1.807, 2.05) is 18.2 Å². The van der Waals surface area contributed by atoms with Gasteiger partial charge in [0.1, 0.15) is 5.82 Å². The number of hydrogen-bond donors (Lipinski definition) is 0. The molecule has 2 saturated carbocycles. The summed E-state index contributed by atoms with van der Waals surface area (Å²) in [5.41, 5.74) is 2.91. The average Bonchev–Trinajstić information content (AvgIpc) is 2.83. The van der Waals surface area contributed by atoms with E-state index in [1.54, 1.807) is 13.0 Å². The standard InChI is InChI=1S/C30H39F3/c1-3-4-21-8-14-24(15-9-21)27-18-17-25(29(32)30(27)33)16-10-22-6-12-23(13-7-22)26-11-5-20(2)28(31)19-26/h5,11,17-19,21-24H,3-4,6-10,12-16H2,1-2H3. The molecule has 0 spiro atoms. The third-order valence-electron chi connectivity index (χ3n) is 8.51. The van der Waals surface area contributed by atoms with Crippen molar-refractivity contribution in [2.24, 2.45) is 11.8 Å². The maximum Gasteiger partial charge on any atom is 0.162 e. The first kappa shape index (κ1) is 24.4. The molecule has 2 aliphatic rings. The molecule has 2 aliphatic carbocycles. The Balaban J connectivity index is 1.29. The van der Waals surface area contributed by atoms with Gasteiger partial charge in [0, 0.05) is 0 Å². The van der Waals surface area contributed by atoms with Crippen LogP contribution in [0.15, 0.2) is 30.3 Å². The SMILES string of the molecule is CCCC1CCC(c2ccc(CCC3CCC(c4ccc(C)c(F)c4)CC3)c(F)c2F)CC1. The fourth-order valence-electron chi connectivity index (χ4n) is 6.29. The van der Waals surface area contributed by atoms with Gasteiger partial charge < -0.3 is 0 Å². The summed E-state index contributed by atoms with van der Waals surface area (Å²) in [5.74, 6) is 0.542. The second-order valence-corrected chi connectivity index (χ2v) is 10.7. The van der Waals surface area contributed by atoms with Crippen LogP contribution in [0.25, 0.3) is 0 Å². The van der Waals surface area contributed by atoms with Gasteiger partial charge in [0.25, 0.3) is 0 Å². The summed E-state index contributed by atoms with van der Waals surface area (Å²) < 4.78 is 43.8. The van der Waals surface area contributed by atoms with E-state index >= 15 is 0 Å². The van der Waals surface area contributed by atoms with Crippen LogP contribution in [0.1, 0.15) is 112 Å². The van der Waals surface area contributed by atoms with Gasteiger partial charge in [-0.2, -0.15) is 0 Å². The van der Waals surface area contributed by atoms with Crippen molar-refractivity contribution >= 4 is 0 Å². The van der Waals surface area contributed by atoms with Gasteiger partial charge in [0.15, 0.2) is 11.6 Å². The first-order valence-electron chi connectivity index (χ1n) is 13.2. The van der Waals surface area contributed by atoms with Crippen LogP contribution in [0.5, 0.6) is 0 Å². The van der Waals surface area contributed by atoms with Crippen LogP contribution in [0, 0.1) is 36.2 Å². The molecule has 4 rings (SSSR count). The second kappa shape index (κ2) is 11.1. The minimum atomic E-state index is -0.619. The summed E-state index contributed by atoms with van der Waals surface area (Å²) in [6, 6.07) is 9.32. The lowest BCUT2D eigenvalue weighted by Crippen LogP contribution is -2.16. The minimum Gasteiger partial charge on any atom is -0.207 e. The third-order valence-corrected chi connectivity index (χ3v) is 8.51. The molecule has 0 N–H and O–H groups in total. The lowest BCUT2D eigenvalue weighted by molar-refractivity contribution is 0.301. The van der Waals surface area contributed by atoms with Crippen LogP contribution in [0.3, 0.4) is 0 Å². The molecule has 180 valence electrons. The maximum atomic E-state index is 15.0. The van der Waals surface area contributed by atoms with E-state index in [0.29, 0.717) is 34.9 Å². The van der Waals surface area contributed by atoms with E-state index in [-0.39, 0.29) is 11.7 Å². The molecule has 0 heterocycles. The number of aryl methyl sites for hydroxylation is 2. The lowest BCUT2D eigenvalue weighted by atomic mass is 9.76. The highest BCUT2D eigenvalue weighted by molar-refractivity contribution is 5.30. The summed E-state index contributed by atoms with van der Waals surface area (Å²) in [7, 11) is 0. The van der Waals surface area contributed by atoms with Crippen LogP contribution in [0.4, 0.5) is 13.2 Å². The van der Waals surface area contributed by atoms with Gasteiger partial charge in [0.2, 0.25) is 0 Å². The smallest absolute Gasteiger partial charge is 0.162 e. The topological polar surface area (TPSA) is 0 Å². The van der Waals surface area contributed by atoms with Crippen LogP contribution < -0.4 is 0 Å². The highest BCUT2D eigenvalue weighted by atomic mass is 19.2.